The van der Waals surface area contributed by atoms with Crippen LogP contribution >= 0.6 is 0 Å². The van der Waals surface area contributed by atoms with Crippen molar-refractivity contribution in [1.29, 1.82) is 0 Å². The third-order valence-electron chi connectivity index (χ3n) is 4.34. The van der Waals surface area contributed by atoms with Gasteiger partial charge in [0.1, 0.15) is 0 Å². The van der Waals surface area contributed by atoms with E-state index in [1.54, 1.807) is 0 Å². The fourth-order valence-electron chi connectivity index (χ4n) is 2.86. The van der Waals surface area contributed by atoms with E-state index in [2.05, 4.69) is 24.8 Å². The Morgan fingerprint density at radius 3 is 1.83 bits per heavy atom. The van der Waals surface area contributed by atoms with Crippen molar-refractivity contribution < 1.29 is 0 Å². The molecule has 0 atom stereocenters. The molecule has 0 unspecified atom stereocenters. The molecule has 0 saturated heterocycles. The lowest BCUT2D eigenvalue weighted by atomic mass is 10.0. The number of hydrogen-bond acceptors (Lipinski definition) is 0. The Bertz CT molecular complexity index is 407. The van der Waals surface area contributed by atoms with E-state index in [1.165, 1.54) is 83.5 Å². The minimum atomic E-state index is 1.02. The largest absolute Gasteiger partial charge is 0.0979 e. The van der Waals surface area contributed by atoms with Gasteiger partial charge in [0.15, 0.2) is 0 Å². The molecule has 0 amide bonds. The number of hydrogen-bond donors (Lipinski definition) is 0. The first-order valence-corrected chi connectivity index (χ1v) is 9.89. The van der Waals surface area contributed by atoms with Crippen LogP contribution in [0.2, 0.25) is 0 Å². The molecule has 0 fully saturated rings. The van der Waals surface area contributed by atoms with Crippen molar-refractivity contribution in [2.45, 2.75) is 96.8 Å². The van der Waals surface area contributed by atoms with Crippen LogP contribution in [-0.2, 0) is 0 Å². The molecule has 0 heteroatoms. The first kappa shape index (κ1) is 19.8. The highest BCUT2D eigenvalue weighted by Crippen LogP contribution is 2.12. The van der Waals surface area contributed by atoms with Crippen LogP contribution in [0.25, 0.3) is 0 Å². The second-order valence-corrected chi connectivity index (χ2v) is 6.57. The Hall–Kier alpha value is -1.22. The van der Waals surface area contributed by atoms with Gasteiger partial charge in [0.2, 0.25) is 0 Å². The topological polar surface area (TPSA) is 0 Å². The maximum Gasteiger partial charge on any atom is 0.0324 e. The van der Waals surface area contributed by atoms with Gasteiger partial charge in [-0.2, -0.15) is 0 Å². The van der Waals surface area contributed by atoms with Crippen LogP contribution in [0.15, 0.2) is 24.3 Å². The summed E-state index contributed by atoms with van der Waals surface area (Å²) in [5.41, 5.74) is 1.02. The smallest absolute Gasteiger partial charge is 0.0324 e. The van der Waals surface area contributed by atoms with Crippen molar-refractivity contribution in [3.8, 4) is 11.8 Å². The van der Waals surface area contributed by atoms with E-state index in [-0.39, 0.29) is 0 Å². The highest BCUT2D eigenvalue weighted by atomic mass is 14.0. The summed E-state index contributed by atoms with van der Waals surface area (Å²) in [6.45, 7) is 2.29. The molecule has 0 aliphatic heterocycles. The quantitative estimate of drug-likeness (QED) is 0.264. The van der Waals surface area contributed by atoms with E-state index in [1.807, 2.05) is 24.3 Å². The zero-order valence-corrected chi connectivity index (χ0v) is 15.2. The fourth-order valence-corrected chi connectivity index (χ4v) is 2.86. The van der Waals surface area contributed by atoms with Crippen LogP contribution in [0.3, 0.4) is 0 Å². The molecule has 0 saturated carbocycles. The van der Waals surface area contributed by atoms with Gasteiger partial charge in [-0.3, -0.25) is 0 Å². The van der Waals surface area contributed by atoms with Gasteiger partial charge >= 0.3 is 0 Å². The second kappa shape index (κ2) is 15.7. The molecule has 23 heavy (non-hydrogen) atoms. The standard InChI is InChI=1S/C23H35/c1-2-3-4-5-6-7-8-9-10-11-12-13-14-15-17-20-23-21-18-16-19-22-23/h16,18-19,21H,2-15H2,1H3. The number of benzene rings is 1. The molecule has 0 aromatic heterocycles. The summed E-state index contributed by atoms with van der Waals surface area (Å²) in [5.74, 6) is 6.44. The zero-order chi connectivity index (χ0) is 16.4. The summed E-state index contributed by atoms with van der Waals surface area (Å²) in [5, 5.41) is 0. The average molecular weight is 312 g/mol. The lowest BCUT2D eigenvalue weighted by molar-refractivity contribution is 0.540. The minimum Gasteiger partial charge on any atom is -0.0979 e. The Morgan fingerprint density at radius 1 is 0.739 bits per heavy atom. The van der Waals surface area contributed by atoms with Crippen molar-refractivity contribution >= 4 is 0 Å². The van der Waals surface area contributed by atoms with E-state index in [4.69, 9.17) is 0 Å². The van der Waals surface area contributed by atoms with Crippen LogP contribution in [0, 0.1) is 17.9 Å². The summed E-state index contributed by atoms with van der Waals surface area (Å²) >= 11 is 0. The van der Waals surface area contributed by atoms with Gasteiger partial charge in [0, 0.05) is 12.0 Å². The molecule has 0 bridgehead atoms. The maximum absolute atomic E-state index is 3.26. The molecular formula is C23H35. The third kappa shape index (κ3) is 13.0. The molecule has 1 radical (unpaired) electrons. The van der Waals surface area contributed by atoms with Crippen LogP contribution in [0.4, 0.5) is 0 Å². The lowest BCUT2D eigenvalue weighted by Gasteiger charge is -2.02. The van der Waals surface area contributed by atoms with Gasteiger partial charge in [-0.05, 0) is 18.6 Å². The fraction of sp³-hybridized carbons (Fsp3) is 0.652. The number of unbranched alkanes of at least 4 members (excludes halogenated alkanes) is 13. The number of rotatable bonds is 13. The Labute approximate surface area is 145 Å². The van der Waals surface area contributed by atoms with E-state index in [9.17, 15) is 0 Å². The summed E-state index contributed by atoms with van der Waals surface area (Å²) in [7, 11) is 0. The molecule has 0 heterocycles. The molecule has 1 aromatic carbocycles. The van der Waals surface area contributed by atoms with Gasteiger partial charge in [0.05, 0.1) is 0 Å². The molecular weight excluding hydrogens is 276 g/mol. The van der Waals surface area contributed by atoms with E-state index < -0.39 is 0 Å². The maximum atomic E-state index is 3.26. The minimum absolute atomic E-state index is 1.02. The Morgan fingerprint density at radius 2 is 1.30 bits per heavy atom. The molecule has 0 aliphatic rings. The van der Waals surface area contributed by atoms with Crippen LogP contribution < -0.4 is 0 Å². The van der Waals surface area contributed by atoms with Crippen molar-refractivity contribution in [2.75, 3.05) is 0 Å². The third-order valence-corrected chi connectivity index (χ3v) is 4.34. The average Bonchev–Trinajstić information content (AvgIpc) is 2.59. The van der Waals surface area contributed by atoms with Gasteiger partial charge in [-0.15, -0.1) is 0 Å². The van der Waals surface area contributed by atoms with Crippen molar-refractivity contribution in [3.05, 3.63) is 35.9 Å². The molecule has 1 rings (SSSR count). The van der Waals surface area contributed by atoms with Gasteiger partial charge in [0.25, 0.3) is 0 Å². The molecule has 0 N–H and O–H groups in total. The van der Waals surface area contributed by atoms with Crippen molar-refractivity contribution in [1.82, 2.24) is 0 Å². The van der Waals surface area contributed by atoms with Gasteiger partial charge in [-0.1, -0.05) is 114 Å². The predicted octanol–water partition coefficient (Wildman–Crippen LogP) is 7.32. The Balaban J connectivity index is 1.79. The first-order chi connectivity index (χ1) is 11.4. The lowest BCUT2D eigenvalue weighted by Crippen LogP contribution is -1.82. The molecule has 0 spiro atoms. The summed E-state index contributed by atoms with van der Waals surface area (Å²) < 4.78 is 0. The highest BCUT2D eigenvalue weighted by Gasteiger charge is 1.93. The van der Waals surface area contributed by atoms with Crippen LogP contribution in [0.5, 0.6) is 0 Å². The van der Waals surface area contributed by atoms with E-state index in [0.29, 0.717) is 0 Å². The monoisotopic (exact) mass is 311 g/mol. The predicted molar refractivity (Wildman–Crippen MR) is 102 cm³/mol. The van der Waals surface area contributed by atoms with Crippen molar-refractivity contribution in [2.24, 2.45) is 0 Å². The normalized spacial score (nSPS) is 10.3. The highest BCUT2D eigenvalue weighted by molar-refractivity contribution is 5.32. The molecule has 1 aromatic rings. The van der Waals surface area contributed by atoms with Crippen molar-refractivity contribution in [3.63, 3.8) is 0 Å². The SMILES string of the molecule is CCCCCCCCCCCCCCCC#Cc1[c]cccc1. The molecule has 127 valence electrons. The zero-order valence-electron chi connectivity index (χ0n) is 15.2. The summed E-state index contributed by atoms with van der Waals surface area (Å²) in [4.78, 5) is 0. The molecule has 0 aliphatic carbocycles. The summed E-state index contributed by atoms with van der Waals surface area (Å²) in [6.07, 6.45) is 19.3. The first-order valence-electron chi connectivity index (χ1n) is 9.89. The van der Waals surface area contributed by atoms with Gasteiger partial charge in [-0.25, -0.2) is 0 Å². The second-order valence-electron chi connectivity index (χ2n) is 6.57. The van der Waals surface area contributed by atoms with Crippen LogP contribution in [0.1, 0.15) is 102 Å². The van der Waals surface area contributed by atoms with Crippen LogP contribution in [-0.4, -0.2) is 0 Å². The van der Waals surface area contributed by atoms with E-state index in [0.717, 1.165) is 12.0 Å². The molecule has 0 nitrogen and oxygen atoms in total. The Kier molecular flexibility index (Phi) is 13.5. The summed E-state index contributed by atoms with van der Waals surface area (Å²) in [6, 6.07) is 11.1. The van der Waals surface area contributed by atoms with E-state index >= 15 is 0 Å². The van der Waals surface area contributed by atoms with Gasteiger partial charge < -0.3 is 0 Å².